The first-order valence-corrected chi connectivity index (χ1v) is 6.88. The Morgan fingerprint density at radius 3 is 2.62 bits per heavy atom. The van der Waals surface area contributed by atoms with E-state index in [9.17, 15) is 4.79 Å². The fourth-order valence-corrected chi connectivity index (χ4v) is 2.63. The highest BCUT2D eigenvalue weighted by Crippen LogP contribution is 2.28. The van der Waals surface area contributed by atoms with Gasteiger partial charge in [0.2, 0.25) is 5.91 Å². The normalized spacial score (nSPS) is 10.8. The van der Waals surface area contributed by atoms with Crippen LogP contribution in [-0.2, 0) is 4.79 Å². The van der Waals surface area contributed by atoms with Gasteiger partial charge in [0.1, 0.15) is 16.7 Å². The summed E-state index contributed by atoms with van der Waals surface area (Å²) >= 11 is 3.47. The second-order valence-electron chi connectivity index (χ2n) is 4.39. The summed E-state index contributed by atoms with van der Waals surface area (Å²) in [5.41, 5.74) is 7.89. The highest BCUT2D eigenvalue weighted by Gasteiger charge is 2.14. The van der Waals surface area contributed by atoms with Gasteiger partial charge in [0.05, 0.1) is 11.1 Å². The lowest BCUT2D eigenvalue weighted by Crippen LogP contribution is -2.05. The number of aromatic nitrogens is 4. The van der Waals surface area contributed by atoms with Crippen molar-refractivity contribution < 1.29 is 4.79 Å². The van der Waals surface area contributed by atoms with Crippen LogP contribution in [0.15, 0.2) is 35.2 Å². The number of hydrogen-bond donors (Lipinski definition) is 2. The summed E-state index contributed by atoms with van der Waals surface area (Å²) in [4.78, 5) is 19.1. The molecule has 21 heavy (non-hydrogen) atoms. The molecule has 0 radical (unpaired) electrons. The van der Waals surface area contributed by atoms with E-state index in [-0.39, 0.29) is 5.91 Å². The van der Waals surface area contributed by atoms with Gasteiger partial charge >= 0.3 is 0 Å². The quantitative estimate of drug-likeness (QED) is 0.740. The molecule has 1 aromatic carbocycles. The molecule has 1 amide bonds. The number of amides is 1. The monoisotopic (exact) mass is 346 g/mol. The lowest BCUT2D eigenvalue weighted by Gasteiger charge is -2.05. The van der Waals surface area contributed by atoms with Gasteiger partial charge < -0.3 is 11.1 Å². The van der Waals surface area contributed by atoms with E-state index in [0.29, 0.717) is 21.5 Å². The summed E-state index contributed by atoms with van der Waals surface area (Å²) in [6, 6.07) is 7.27. The smallest absolute Gasteiger partial charge is 0.221 e. The minimum atomic E-state index is -0.114. The number of nitrogens with zero attached hydrogens (tertiary/aromatic N) is 4. The molecule has 0 bridgehead atoms. The van der Waals surface area contributed by atoms with Crippen LogP contribution in [-0.4, -0.2) is 25.7 Å². The highest BCUT2D eigenvalue weighted by atomic mass is 79.9. The number of benzene rings is 1. The Morgan fingerprint density at radius 2 is 2.00 bits per heavy atom. The fourth-order valence-electron chi connectivity index (χ4n) is 1.97. The molecule has 0 aliphatic heterocycles. The molecule has 0 aliphatic rings. The first-order valence-electron chi connectivity index (χ1n) is 6.09. The first-order chi connectivity index (χ1) is 10.1. The molecule has 3 N–H and O–H groups in total. The maximum Gasteiger partial charge on any atom is 0.221 e. The molecule has 3 aromatic rings. The molecule has 0 unspecified atom stereocenters. The van der Waals surface area contributed by atoms with Crippen LogP contribution in [0.25, 0.3) is 16.7 Å². The van der Waals surface area contributed by atoms with Gasteiger partial charge in [0, 0.05) is 12.6 Å². The number of nitrogens with one attached hydrogen (secondary N) is 1. The minimum Gasteiger partial charge on any atom is -0.383 e. The summed E-state index contributed by atoms with van der Waals surface area (Å²) in [6.07, 6.45) is 1.38. The number of nitrogens with two attached hydrogens (primary N) is 1. The van der Waals surface area contributed by atoms with Crippen molar-refractivity contribution >= 4 is 44.4 Å². The second kappa shape index (κ2) is 5.13. The predicted molar refractivity (Wildman–Crippen MR) is 83.1 cm³/mol. The van der Waals surface area contributed by atoms with E-state index in [1.807, 2.05) is 12.1 Å². The van der Waals surface area contributed by atoms with Crippen LogP contribution in [0.4, 0.5) is 11.5 Å². The minimum absolute atomic E-state index is 0.114. The molecule has 0 saturated carbocycles. The van der Waals surface area contributed by atoms with Crippen molar-refractivity contribution in [3.63, 3.8) is 0 Å². The number of nitrogen functional groups attached to an aromatic ring is 1. The van der Waals surface area contributed by atoms with Crippen LogP contribution in [0.5, 0.6) is 0 Å². The largest absolute Gasteiger partial charge is 0.383 e. The van der Waals surface area contributed by atoms with E-state index in [2.05, 4.69) is 36.3 Å². The molecule has 3 rings (SSSR count). The average Bonchev–Trinajstić information content (AvgIpc) is 2.78. The molecule has 0 aliphatic carbocycles. The SMILES string of the molecule is CC(=O)Nc1ccc(-n2nc3ncnc(N)c3c2Br)cc1. The van der Waals surface area contributed by atoms with E-state index in [1.54, 1.807) is 16.8 Å². The Hall–Kier alpha value is -2.48. The summed E-state index contributed by atoms with van der Waals surface area (Å²) in [5.74, 6) is 0.254. The van der Waals surface area contributed by atoms with E-state index in [4.69, 9.17) is 5.73 Å². The average molecular weight is 347 g/mol. The number of carbonyl (C=O) groups is 1. The topological polar surface area (TPSA) is 98.7 Å². The summed E-state index contributed by atoms with van der Waals surface area (Å²) in [5, 5.41) is 7.77. The van der Waals surface area contributed by atoms with Crippen LogP contribution < -0.4 is 11.1 Å². The number of halogens is 1. The molecule has 7 nitrogen and oxygen atoms in total. The highest BCUT2D eigenvalue weighted by molar-refractivity contribution is 9.10. The maximum atomic E-state index is 11.0. The molecule has 0 atom stereocenters. The maximum absolute atomic E-state index is 11.0. The molecule has 0 fully saturated rings. The molecule has 0 spiro atoms. The van der Waals surface area contributed by atoms with Crippen LogP contribution >= 0.6 is 15.9 Å². The van der Waals surface area contributed by atoms with Crippen LogP contribution in [0, 0.1) is 0 Å². The van der Waals surface area contributed by atoms with Gasteiger partial charge in [0.25, 0.3) is 0 Å². The lowest BCUT2D eigenvalue weighted by molar-refractivity contribution is -0.114. The summed E-state index contributed by atoms with van der Waals surface area (Å²) in [7, 11) is 0. The Bertz CT molecular complexity index is 827. The number of rotatable bonds is 2. The Morgan fingerprint density at radius 1 is 1.29 bits per heavy atom. The van der Waals surface area contributed by atoms with Gasteiger partial charge in [-0.15, -0.1) is 5.10 Å². The van der Waals surface area contributed by atoms with Gasteiger partial charge in [-0.05, 0) is 40.2 Å². The van der Waals surface area contributed by atoms with E-state index in [0.717, 1.165) is 11.4 Å². The van der Waals surface area contributed by atoms with Gasteiger partial charge in [-0.1, -0.05) is 0 Å². The lowest BCUT2D eigenvalue weighted by atomic mass is 10.3. The number of carbonyl (C=O) groups excluding carboxylic acids is 1. The summed E-state index contributed by atoms with van der Waals surface area (Å²) in [6.45, 7) is 1.46. The molecule has 106 valence electrons. The molecular formula is C13H11BrN6O. The van der Waals surface area contributed by atoms with Crippen molar-refractivity contribution in [2.75, 3.05) is 11.1 Å². The van der Waals surface area contributed by atoms with Crippen molar-refractivity contribution in [3.8, 4) is 5.69 Å². The predicted octanol–water partition coefficient (Wildman–Crippen LogP) is 2.12. The van der Waals surface area contributed by atoms with E-state index < -0.39 is 0 Å². The molecule has 2 heterocycles. The van der Waals surface area contributed by atoms with Crippen molar-refractivity contribution in [3.05, 3.63) is 35.2 Å². The van der Waals surface area contributed by atoms with E-state index >= 15 is 0 Å². The summed E-state index contributed by atoms with van der Waals surface area (Å²) < 4.78 is 2.36. The molecule has 0 saturated heterocycles. The number of fused-ring (bicyclic) bond motifs is 1. The van der Waals surface area contributed by atoms with Crippen molar-refractivity contribution in [1.82, 2.24) is 19.7 Å². The van der Waals surface area contributed by atoms with Crippen molar-refractivity contribution in [2.45, 2.75) is 6.92 Å². The Balaban J connectivity index is 2.06. The standard InChI is InChI=1S/C13H11BrN6O/c1-7(21)18-8-2-4-9(5-3-8)20-11(14)10-12(15)16-6-17-13(10)19-20/h2-6H,1H3,(H,18,21)(H2,15,16,17,19). The van der Waals surface area contributed by atoms with Crippen LogP contribution in [0.3, 0.4) is 0 Å². The third-order valence-electron chi connectivity index (χ3n) is 2.88. The Labute approximate surface area is 128 Å². The van der Waals surface area contributed by atoms with E-state index in [1.165, 1.54) is 13.3 Å². The molecule has 8 heteroatoms. The third kappa shape index (κ3) is 2.45. The zero-order valence-electron chi connectivity index (χ0n) is 11.0. The van der Waals surface area contributed by atoms with Crippen LogP contribution in [0.1, 0.15) is 6.92 Å². The van der Waals surface area contributed by atoms with Crippen molar-refractivity contribution in [1.29, 1.82) is 0 Å². The van der Waals surface area contributed by atoms with Gasteiger partial charge in [-0.2, -0.15) is 0 Å². The zero-order chi connectivity index (χ0) is 15.0. The van der Waals surface area contributed by atoms with Crippen molar-refractivity contribution in [2.24, 2.45) is 0 Å². The third-order valence-corrected chi connectivity index (χ3v) is 3.61. The zero-order valence-corrected chi connectivity index (χ0v) is 12.6. The van der Waals surface area contributed by atoms with Gasteiger partial charge in [0.15, 0.2) is 5.65 Å². The fraction of sp³-hybridized carbons (Fsp3) is 0.0769. The van der Waals surface area contributed by atoms with Crippen LogP contribution in [0.2, 0.25) is 0 Å². The number of hydrogen-bond acceptors (Lipinski definition) is 5. The van der Waals surface area contributed by atoms with Gasteiger partial charge in [-0.3, -0.25) is 4.79 Å². The molecular weight excluding hydrogens is 336 g/mol. The van der Waals surface area contributed by atoms with Gasteiger partial charge in [-0.25, -0.2) is 14.6 Å². The Kier molecular flexibility index (Phi) is 3.30. The number of anilines is 2. The second-order valence-corrected chi connectivity index (χ2v) is 5.14. The molecule has 2 aromatic heterocycles. The first kappa shape index (κ1) is 13.5.